The predicted molar refractivity (Wildman–Crippen MR) is 72.0 cm³/mol. The van der Waals surface area contributed by atoms with E-state index in [4.69, 9.17) is 16.3 Å². The molecule has 1 fully saturated rings. The summed E-state index contributed by atoms with van der Waals surface area (Å²) in [7, 11) is 0. The average Bonchev–Trinajstić information content (AvgIpc) is 2.84. The molecule has 1 aliphatic rings. The quantitative estimate of drug-likeness (QED) is 0.842. The van der Waals surface area contributed by atoms with Crippen LogP contribution in [0.3, 0.4) is 0 Å². The van der Waals surface area contributed by atoms with Crippen molar-refractivity contribution >= 4 is 17.5 Å². The molecule has 0 aliphatic carbocycles. The first-order valence-corrected chi connectivity index (χ1v) is 6.61. The second-order valence-corrected chi connectivity index (χ2v) is 5.50. The molecule has 2 rings (SSSR count). The third-order valence-electron chi connectivity index (χ3n) is 3.09. The summed E-state index contributed by atoms with van der Waals surface area (Å²) in [6.45, 7) is 5.29. The molecular weight excluding hydrogens is 250 g/mol. The van der Waals surface area contributed by atoms with E-state index < -0.39 is 5.60 Å². The average molecular weight is 268 g/mol. The Labute approximate surface area is 113 Å². The Balaban J connectivity index is 2.05. The monoisotopic (exact) mass is 267 g/mol. The molecular formula is C14H18ClNO2. The van der Waals surface area contributed by atoms with Crippen molar-refractivity contribution in [3.05, 3.63) is 29.3 Å². The van der Waals surface area contributed by atoms with Crippen LogP contribution in [0.4, 0.5) is 0 Å². The highest BCUT2D eigenvalue weighted by Gasteiger charge is 2.35. The lowest BCUT2D eigenvalue weighted by atomic mass is 10.1. The highest BCUT2D eigenvalue weighted by molar-refractivity contribution is 6.30. The van der Waals surface area contributed by atoms with E-state index in [1.165, 1.54) is 0 Å². The van der Waals surface area contributed by atoms with Gasteiger partial charge in [-0.15, -0.1) is 0 Å². The van der Waals surface area contributed by atoms with E-state index >= 15 is 0 Å². The van der Waals surface area contributed by atoms with Gasteiger partial charge in [0.1, 0.15) is 5.75 Å². The number of hydrogen-bond acceptors (Lipinski definition) is 2. The van der Waals surface area contributed by atoms with Crippen molar-refractivity contribution < 1.29 is 9.53 Å². The highest BCUT2D eigenvalue weighted by Crippen LogP contribution is 2.23. The second-order valence-electron chi connectivity index (χ2n) is 5.07. The minimum Gasteiger partial charge on any atom is -0.478 e. The summed E-state index contributed by atoms with van der Waals surface area (Å²) in [6, 6.07) is 7.07. The van der Waals surface area contributed by atoms with Gasteiger partial charge in [0.2, 0.25) is 0 Å². The molecule has 0 spiro atoms. The zero-order chi connectivity index (χ0) is 13.2. The Bertz CT molecular complexity index is 422. The Kier molecular flexibility index (Phi) is 3.81. The van der Waals surface area contributed by atoms with Crippen LogP contribution >= 0.6 is 11.6 Å². The van der Waals surface area contributed by atoms with E-state index in [9.17, 15) is 4.79 Å². The zero-order valence-corrected chi connectivity index (χ0v) is 11.5. The molecule has 0 unspecified atom stereocenters. The third-order valence-corrected chi connectivity index (χ3v) is 3.35. The number of carbonyl (C=O) groups is 1. The van der Waals surface area contributed by atoms with E-state index in [1.54, 1.807) is 24.3 Å². The number of likely N-dealkylation sites (tertiary alicyclic amines) is 1. The Morgan fingerprint density at radius 1 is 1.22 bits per heavy atom. The molecule has 0 radical (unpaired) electrons. The molecule has 0 atom stereocenters. The molecule has 4 heteroatoms. The topological polar surface area (TPSA) is 29.5 Å². The van der Waals surface area contributed by atoms with Gasteiger partial charge in [0, 0.05) is 18.1 Å². The number of rotatable bonds is 3. The predicted octanol–water partition coefficient (Wildman–Crippen LogP) is 3.12. The molecule has 1 heterocycles. The van der Waals surface area contributed by atoms with Crippen LogP contribution in [0, 0.1) is 0 Å². The number of halogens is 1. The van der Waals surface area contributed by atoms with Gasteiger partial charge >= 0.3 is 0 Å². The van der Waals surface area contributed by atoms with Crippen LogP contribution in [-0.2, 0) is 4.79 Å². The number of hydrogen-bond donors (Lipinski definition) is 0. The van der Waals surface area contributed by atoms with Crippen molar-refractivity contribution in [3.63, 3.8) is 0 Å². The number of benzene rings is 1. The first-order valence-electron chi connectivity index (χ1n) is 6.23. The second kappa shape index (κ2) is 5.19. The van der Waals surface area contributed by atoms with Crippen LogP contribution in [0.25, 0.3) is 0 Å². The molecule has 3 nitrogen and oxygen atoms in total. The first-order chi connectivity index (χ1) is 8.49. The van der Waals surface area contributed by atoms with E-state index in [2.05, 4.69) is 0 Å². The number of carbonyl (C=O) groups excluding carboxylic acids is 1. The molecule has 1 saturated heterocycles. The molecule has 0 saturated carbocycles. The first kappa shape index (κ1) is 13.2. The van der Waals surface area contributed by atoms with Crippen LogP contribution in [0.5, 0.6) is 5.75 Å². The molecule has 1 amide bonds. The van der Waals surface area contributed by atoms with Gasteiger partial charge in [-0.05, 0) is 51.0 Å². The summed E-state index contributed by atoms with van der Waals surface area (Å²) in [6.07, 6.45) is 2.17. The Morgan fingerprint density at radius 3 is 2.33 bits per heavy atom. The molecule has 1 aromatic rings. The molecule has 98 valence electrons. The molecule has 0 bridgehead atoms. The molecule has 0 N–H and O–H groups in total. The van der Waals surface area contributed by atoms with E-state index in [0.717, 1.165) is 25.9 Å². The van der Waals surface area contributed by atoms with Crippen LogP contribution in [-0.4, -0.2) is 29.5 Å². The molecule has 1 aromatic carbocycles. The minimum absolute atomic E-state index is 0.0509. The van der Waals surface area contributed by atoms with Gasteiger partial charge in [0.05, 0.1) is 0 Å². The maximum Gasteiger partial charge on any atom is 0.266 e. The minimum atomic E-state index is -0.835. The van der Waals surface area contributed by atoms with Gasteiger partial charge in [-0.25, -0.2) is 0 Å². The smallest absolute Gasteiger partial charge is 0.266 e. The lowest BCUT2D eigenvalue weighted by Gasteiger charge is -2.29. The number of nitrogens with zero attached hydrogens (tertiary/aromatic N) is 1. The summed E-state index contributed by atoms with van der Waals surface area (Å²) in [4.78, 5) is 14.2. The maximum absolute atomic E-state index is 12.3. The van der Waals surface area contributed by atoms with Crippen molar-refractivity contribution in [1.82, 2.24) is 4.90 Å². The number of ether oxygens (including phenoxy) is 1. The maximum atomic E-state index is 12.3. The third kappa shape index (κ3) is 2.96. The zero-order valence-electron chi connectivity index (χ0n) is 10.8. The summed E-state index contributed by atoms with van der Waals surface area (Å²) in [5.74, 6) is 0.715. The highest BCUT2D eigenvalue weighted by atomic mass is 35.5. The van der Waals surface area contributed by atoms with Gasteiger partial charge in [0.25, 0.3) is 5.91 Å². The van der Waals surface area contributed by atoms with Crippen LogP contribution in [0.1, 0.15) is 26.7 Å². The molecule has 1 aliphatic heterocycles. The van der Waals surface area contributed by atoms with Gasteiger partial charge in [0.15, 0.2) is 5.60 Å². The van der Waals surface area contributed by atoms with Crippen molar-refractivity contribution in [2.24, 2.45) is 0 Å². The van der Waals surface area contributed by atoms with E-state index in [-0.39, 0.29) is 5.91 Å². The summed E-state index contributed by atoms with van der Waals surface area (Å²) >= 11 is 5.82. The lowest BCUT2D eigenvalue weighted by molar-refractivity contribution is -0.144. The fourth-order valence-electron chi connectivity index (χ4n) is 2.14. The summed E-state index contributed by atoms with van der Waals surface area (Å²) in [5, 5.41) is 0.658. The van der Waals surface area contributed by atoms with Gasteiger partial charge in [-0.1, -0.05) is 11.6 Å². The standard InChI is InChI=1S/C14H18ClNO2/c1-14(2,13(17)16-9-3-4-10-16)18-12-7-5-11(15)6-8-12/h5-8H,3-4,9-10H2,1-2H3. The SMILES string of the molecule is CC(C)(Oc1ccc(Cl)cc1)C(=O)N1CCCC1. The van der Waals surface area contributed by atoms with Crippen molar-refractivity contribution in [1.29, 1.82) is 0 Å². The fraction of sp³-hybridized carbons (Fsp3) is 0.500. The normalized spacial score (nSPS) is 15.8. The molecule has 18 heavy (non-hydrogen) atoms. The summed E-state index contributed by atoms with van der Waals surface area (Å²) in [5.41, 5.74) is -0.835. The van der Waals surface area contributed by atoms with Gasteiger partial charge in [-0.3, -0.25) is 4.79 Å². The van der Waals surface area contributed by atoms with Gasteiger partial charge in [-0.2, -0.15) is 0 Å². The van der Waals surface area contributed by atoms with Crippen molar-refractivity contribution in [2.75, 3.05) is 13.1 Å². The van der Waals surface area contributed by atoms with Crippen LogP contribution < -0.4 is 4.74 Å². The van der Waals surface area contributed by atoms with Crippen molar-refractivity contribution in [3.8, 4) is 5.75 Å². The Hall–Kier alpha value is -1.22. The Morgan fingerprint density at radius 2 is 1.78 bits per heavy atom. The van der Waals surface area contributed by atoms with Crippen LogP contribution in [0.2, 0.25) is 5.02 Å². The summed E-state index contributed by atoms with van der Waals surface area (Å²) < 4.78 is 5.78. The molecule has 0 aromatic heterocycles. The lowest BCUT2D eigenvalue weighted by Crippen LogP contribution is -2.47. The number of amides is 1. The largest absolute Gasteiger partial charge is 0.478 e. The van der Waals surface area contributed by atoms with Crippen LogP contribution in [0.15, 0.2) is 24.3 Å². The van der Waals surface area contributed by atoms with Crippen molar-refractivity contribution in [2.45, 2.75) is 32.3 Å². The fourth-order valence-corrected chi connectivity index (χ4v) is 2.27. The van der Waals surface area contributed by atoms with E-state index in [1.807, 2.05) is 18.7 Å². The van der Waals surface area contributed by atoms with Gasteiger partial charge < -0.3 is 9.64 Å². The van der Waals surface area contributed by atoms with E-state index in [0.29, 0.717) is 10.8 Å².